The molecule has 2 atom stereocenters. The third kappa shape index (κ3) is 7.14. The maximum Gasteiger partial charge on any atom is 0.573 e. The molecule has 0 saturated carbocycles. The SMILES string of the molecule is CN1C(=O)N(CCCNS(C)(=O)=O)C(=O)C2C1N=C(Oc1cccc(OC(F)(F)F)c1)N2Cc1ccc(Cl)cc1. The number of imide groups is 1. The molecule has 0 radical (unpaired) electrons. The standard InChI is InChI=1S/C24H25ClF3N5O6S/c1-31-20-19(21(34)32(23(31)35)12-4-11-29-40(2,36)37)33(14-15-7-9-16(25)10-8-15)22(30-20)38-17-5-3-6-18(13-17)39-24(26,27)28/h3,5-10,13,19-20,29H,4,11-12,14H2,1-2H3. The highest BCUT2D eigenvalue weighted by Crippen LogP contribution is 2.32. The predicted octanol–water partition coefficient (Wildman–Crippen LogP) is 3.02. The number of fused-ring (bicyclic) bond motifs is 1. The van der Waals surface area contributed by atoms with E-state index in [-0.39, 0.29) is 37.8 Å². The number of ether oxygens (including phenoxy) is 2. The number of nitrogens with zero attached hydrogens (tertiary/aromatic N) is 4. The van der Waals surface area contributed by atoms with Gasteiger partial charge in [0.1, 0.15) is 11.5 Å². The van der Waals surface area contributed by atoms with Crippen LogP contribution in [0.4, 0.5) is 18.0 Å². The van der Waals surface area contributed by atoms with E-state index in [1.165, 1.54) is 29.0 Å². The lowest BCUT2D eigenvalue weighted by molar-refractivity contribution is -0.274. The summed E-state index contributed by atoms with van der Waals surface area (Å²) in [6, 6.07) is 9.82. The van der Waals surface area contributed by atoms with Crippen molar-refractivity contribution in [1.82, 2.24) is 19.4 Å². The fraction of sp³-hybridized carbons (Fsp3) is 0.375. The minimum atomic E-state index is -4.91. The van der Waals surface area contributed by atoms with Crippen molar-refractivity contribution in [2.24, 2.45) is 4.99 Å². The summed E-state index contributed by atoms with van der Waals surface area (Å²) in [6.07, 6.45) is -4.72. The number of halogens is 4. The van der Waals surface area contributed by atoms with E-state index in [9.17, 15) is 31.2 Å². The molecule has 1 saturated heterocycles. The first-order valence-corrected chi connectivity index (χ1v) is 14.1. The third-order valence-electron chi connectivity index (χ3n) is 5.99. The summed E-state index contributed by atoms with van der Waals surface area (Å²) in [5.41, 5.74) is 0.715. The monoisotopic (exact) mass is 603 g/mol. The van der Waals surface area contributed by atoms with Crippen LogP contribution in [0.15, 0.2) is 53.5 Å². The largest absolute Gasteiger partial charge is 0.573 e. The van der Waals surface area contributed by atoms with Crippen molar-refractivity contribution in [2.45, 2.75) is 31.5 Å². The number of nitrogens with one attached hydrogen (secondary N) is 1. The Hall–Kier alpha value is -3.56. The van der Waals surface area contributed by atoms with Crippen LogP contribution in [-0.4, -0.2) is 86.0 Å². The quantitative estimate of drug-likeness (QED) is 0.438. The summed E-state index contributed by atoms with van der Waals surface area (Å²) in [5, 5.41) is 0.489. The average Bonchev–Trinajstić information content (AvgIpc) is 3.20. The summed E-state index contributed by atoms with van der Waals surface area (Å²) in [6.45, 7) is 0.0477. The number of benzene rings is 2. The molecular weight excluding hydrogens is 579 g/mol. The summed E-state index contributed by atoms with van der Waals surface area (Å²) in [7, 11) is -1.99. The summed E-state index contributed by atoms with van der Waals surface area (Å²) >= 11 is 6.00. The highest BCUT2D eigenvalue weighted by Gasteiger charge is 2.52. The summed E-state index contributed by atoms with van der Waals surface area (Å²) in [4.78, 5) is 34.9. The first-order chi connectivity index (χ1) is 18.7. The van der Waals surface area contributed by atoms with Gasteiger partial charge in [-0.2, -0.15) is 0 Å². The van der Waals surface area contributed by atoms with Gasteiger partial charge in [0, 0.05) is 37.8 Å². The number of sulfonamides is 1. The molecule has 0 aliphatic carbocycles. The Morgan fingerprint density at radius 3 is 2.42 bits per heavy atom. The van der Waals surface area contributed by atoms with E-state index >= 15 is 0 Å². The van der Waals surface area contributed by atoms with Gasteiger partial charge < -0.3 is 19.3 Å². The fourth-order valence-electron chi connectivity index (χ4n) is 4.23. The van der Waals surface area contributed by atoms with Crippen molar-refractivity contribution < 1.29 is 40.7 Å². The van der Waals surface area contributed by atoms with Crippen LogP contribution in [0, 0.1) is 0 Å². The minimum Gasteiger partial charge on any atom is -0.426 e. The zero-order valence-corrected chi connectivity index (χ0v) is 22.8. The molecule has 1 N–H and O–H groups in total. The van der Waals surface area contributed by atoms with Gasteiger partial charge in [-0.3, -0.25) is 9.69 Å². The van der Waals surface area contributed by atoms with E-state index in [1.807, 2.05) is 0 Å². The van der Waals surface area contributed by atoms with Gasteiger partial charge in [0.2, 0.25) is 10.0 Å². The van der Waals surface area contributed by atoms with Crippen molar-refractivity contribution in [2.75, 3.05) is 26.4 Å². The fourth-order valence-corrected chi connectivity index (χ4v) is 4.87. The number of hydrogen-bond donors (Lipinski definition) is 1. The Bertz CT molecular complexity index is 1410. The van der Waals surface area contributed by atoms with Gasteiger partial charge in [0.15, 0.2) is 12.2 Å². The molecular formula is C24H25ClF3N5O6S. The molecule has 40 heavy (non-hydrogen) atoms. The number of urea groups is 1. The lowest BCUT2D eigenvalue weighted by Gasteiger charge is -2.41. The topological polar surface area (TPSA) is 121 Å². The van der Waals surface area contributed by atoms with Gasteiger partial charge in [-0.1, -0.05) is 29.8 Å². The second kappa shape index (κ2) is 11.5. The molecule has 2 unspecified atom stereocenters. The number of aliphatic imine (C=N–C) groups is 1. The van der Waals surface area contributed by atoms with E-state index in [2.05, 4.69) is 14.5 Å². The van der Waals surface area contributed by atoms with E-state index in [0.717, 1.165) is 23.3 Å². The Labute approximate surface area is 233 Å². The molecule has 16 heteroatoms. The average molecular weight is 604 g/mol. The van der Waals surface area contributed by atoms with Crippen LogP contribution < -0.4 is 14.2 Å². The number of carbonyl (C=O) groups excluding carboxylic acids is 2. The molecule has 0 bridgehead atoms. The third-order valence-corrected chi connectivity index (χ3v) is 6.97. The molecule has 1 fully saturated rings. The number of rotatable bonds is 9. The van der Waals surface area contributed by atoms with Crippen LogP contribution in [0.3, 0.4) is 0 Å². The van der Waals surface area contributed by atoms with Crippen molar-refractivity contribution in [1.29, 1.82) is 0 Å². The Balaban J connectivity index is 1.61. The number of alkyl halides is 3. The van der Waals surface area contributed by atoms with Crippen molar-refractivity contribution in [3.8, 4) is 11.5 Å². The number of hydrogen-bond acceptors (Lipinski definition) is 8. The van der Waals surface area contributed by atoms with Crippen LogP contribution in [0.1, 0.15) is 12.0 Å². The lowest BCUT2D eigenvalue weighted by atomic mass is 10.1. The second-order valence-electron chi connectivity index (χ2n) is 9.05. The maximum absolute atomic E-state index is 13.6. The van der Waals surface area contributed by atoms with Crippen molar-refractivity contribution in [3.63, 3.8) is 0 Å². The molecule has 4 rings (SSSR count). The number of amides is 3. The molecule has 2 aliphatic rings. The van der Waals surface area contributed by atoms with Crippen molar-refractivity contribution in [3.05, 3.63) is 59.1 Å². The van der Waals surface area contributed by atoms with Crippen LogP contribution in [0.5, 0.6) is 11.5 Å². The second-order valence-corrected chi connectivity index (χ2v) is 11.3. The molecule has 11 nitrogen and oxygen atoms in total. The normalized spacial score (nSPS) is 19.6. The van der Waals surface area contributed by atoms with Gasteiger partial charge >= 0.3 is 12.4 Å². The van der Waals surface area contributed by atoms with Crippen LogP contribution in [-0.2, 0) is 21.4 Å². The van der Waals surface area contributed by atoms with Gasteiger partial charge in [-0.05, 0) is 36.2 Å². The highest BCUT2D eigenvalue weighted by molar-refractivity contribution is 7.88. The molecule has 216 valence electrons. The zero-order valence-electron chi connectivity index (χ0n) is 21.3. The zero-order chi connectivity index (χ0) is 29.2. The first kappa shape index (κ1) is 29.4. The lowest BCUT2D eigenvalue weighted by Crippen LogP contribution is -2.65. The Morgan fingerprint density at radius 1 is 1.10 bits per heavy atom. The van der Waals surface area contributed by atoms with Crippen LogP contribution in [0.25, 0.3) is 0 Å². The highest BCUT2D eigenvalue weighted by atomic mass is 35.5. The minimum absolute atomic E-state index is 0.0173. The molecule has 3 amide bonds. The van der Waals surface area contributed by atoms with Gasteiger partial charge in [-0.15, -0.1) is 13.2 Å². The Morgan fingerprint density at radius 2 is 1.77 bits per heavy atom. The summed E-state index contributed by atoms with van der Waals surface area (Å²) in [5.74, 6) is -1.13. The molecule has 2 heterocycles. The van der Waals surface area contributed by atoms with E-state index in [1.54, 1.807) is 24.3 Å². The van der Waals surface area contributed by atoms with Gasteiger partial charge in [-0.25, -0.2) is 22.9 Å². The predicted molar refractivity (Wildman–Crippen MR) is 138 cm³/mol. The molecule has 2 aliphatic heterocycles. The molecule has 2 aromatic rings. The van der Waals surface area contributed by atoms with Crippen molar-refractivity contribution >= 4 is 39.6 Å². The van der Waals surface area contributed by atoms with E-state index < -0.39 is 46.3 Å². The Kier molecular flexibility index (Phi) is 8.46. The molecule has 0 spiro atoms. The van der Waals surface area contributed by atoms with Crippen LogP contribution in [0.2, 0.25) is 5.02 Å². The maximum atomic E-state index is 13.6. The van der Waals surface area contributed by atoms with E-state index in [0.29, 0.717) is 10.6 Å². The summed E-state index contributed by atoms with van der Waals surface area (Å²) < 4.78 is 73.0. The molecule has 2 aromatic carbocycles. The van der Waals surface area contributed by atoms with Gasteiger partial charge in [0.05, 0.1) is 6.26 Å². The van der Waals surface area contributed by atoms with Crippen LogP contribution >= 0.6 is 11.6 Å². The van der Waals surface area contributed by atoms with Gasteiger partial charge in [0.25, 0.3) is 11.9 Å². The number of amidine groups is 1. The first-order valence-electron chi connectivity index (χ1n) is 11.9. The number of carbonyl (C=O) groups is 2. The van der Waals surface area contributed by atoms with E-state index in [4.69, 9.17) is 16.3 Å². The molecule has 0 aromatic heterocycles. The smallest absolute Gasteiger partial charge is 0.426 e. The number of likely N-dealkylation sites (N-methyl/N-ethyl adjacent to an activating group) is 1.